The van der Waals surface area contributed by atoms with Gasteiger partial charge in [-0.3, -0.25) is 4.79 Å². The van der Waals surface area contributed by atoms with Crippen LogP contribution in [-0.2, 0) is 6.54 Å². The van der Waals surface area contributed by atoms with E-state index in [0.29, 0.717) is 17.9 Å². The molecule has 0 bridgehead atoms. The molecule has 1 aromatic heterocycles. The number of benzene rings is 1. The van der Waals surface area contributed by atoms with Crippen LogP contribution >= 0.6 is 0 Å². The number of amides is 1. The normalized spacial score (nSPS) is 10.2. The van der Waals surface area contributed by atoms with Crippen LogP contribution in [-0.4, -0.2) is 17.9 Å². The van der Waals surface area contributed by atoms with Crippen LogP contribution in [0.3, 0.4) is 0 Å². The van der Waals surface area contributed by atoms with Gasteiger partial charge in [-0.1, -0.05) is 12.1 Å². The maximum atomic E-state index is 11.1. The Labute approximate surface area is 111 Å². The highest BCUT2D eigenvalue weighted by atomic mass is 16.1. The summed E-state index contributed by atoms with van der Waals surface area (Å²) in [4.78, 5) is 17.3. The van der Waals surface area contributed by atoms with E-state index in [4.69, 9.17) is 11.5 Å². The first-order valence-electron chi connectivity index (χ1n) is 5.87. The number of hydrogen-bond acceptors (Lipinski definition) is 4. The number of primary amides is 1. The molecule has 5 heteroatoms. The lowest BCUT2D eigenvalue weighted by atomic mass is 10.2. The molecule has 4 N–H and O–H groups in total. The molecule has 5 nitrogen and oxygen atoms in total. The Balaban J connectivity index is 2.15. The Morgan fingerprint density at radius 2 is 1.95 bits per heavy atom. The second-order valence-electron chi connectivity index (χ2n) is 4.36. The smallest absolute Gasteiger partial charge is 0.248 e. The summed E-state index contributed by atoms with van der Waals surface area (Å²) in [6.45, 7) is 0.676. The van der Waals surface area contributed by atoms with Gasteiger partial charge in [0.05, 0.1) is 0 Å². The predicted molar refractivity (Wildman–Crippen MR) is 75.7 cm³/mol. The molecule has 2 rings (SSSR count). The lowest BCUT2D eigenvalue weighted by Crippen LogP contribution is -2.19. The standard InChI is InChI=1S/C14H16N4O/c1-18(9-10-2-4-12(15)5-3-10)13-8-11(14(16)19)6-7-17-13/h2-8H,9,15H2,1H3,(H2,16,19). The van der Waals surface area contributed by atoms with Crippen molar-refractivity contribution in [2.75, 3.05) is 17.7 Å². The van der Waals surface area contributed by atoms with Gasteiger partial charge in [-0.15, -0.1) is 0 Å². The molecule has 1 amide bonds. The van der Waals surface area contributed by atoms with Gasteiger partial charge in [0, 0.05) is 31.0 Å². The van der Waals surface area contributed by atoms with Crippen molar-refractivity contribution in [2.45, 2.75) is 6.54 Å². The molecule has 98 valence electrons. The zero-order valence-corrected chi connectivity index (χ0v) is 10.7. The number of nitrogens with zero attached hydrogens (tertiary/aromatic N) is 2. The number of aromatic nitrogens is 1. The number of carbonyl (C=O) groups is 1. The summed E-state index contributed by atoms with van der Waals surface area (Å²) in [6, 6.07) is 10.9. The van der Waals surface area contributed by atoms with Crippen LogP contribution < -0.4 is 16.4 Å². The number of nitrogens with two attached hydrogens (primary N) is 2. The van der Waals surface area contributed by atoms with E-state index in [1.54, 1.807) is 18.3 Å². The largest absolute Gasteiger partial charge is 0.399 e. The zero-order valence-electron chi connectivity index (χ0n) is 10.7. The molecule has 0 fully saturated rings. The number of nitrogen functional groups attached to an aromatic ring is 1. The average molecular weight is 256 g/mol. The minimum atomic E-state index is -0.454. The van der Waals surface area contributed by atoms with Gasteiger partial charge in [0.2, 0.25) is 5.91 Å². The number of hydrogen-bond donors (Lipinski definition) is 2. The fourth-order valence-corrected chi connectivity index (χ4v) is 1.76. The molecule has 1 aromatic carbocycles. The van der Waals surface area contributed by atoms with Crippen LogP contribution in [0.2, 0.25) is 0 Å². The second-order valence-corrected chi connectivity index (χ2v) is 4.36. The number of pyridine rings is 1. The summed E-state index contributed by atoms with van der Waals surface area (Å²) < 4.78 is 0. The zero-order chi connectivity index (χ0) is 13.8. The summed E-state index contributed by atoms with van der Waals surface area (Å²) in [5.74, 6) is 0.248. The van der Waals surface area contributed by atoms with Crippen molar-refractivity contribution in [2.24, 2.45) is 5.73 Å². The maximum absolute atomic E-state index is 11.1. The van der Waals surface area contributed by atoms with E-state index < -0.39 is 5.91 Å². The molecule has 0 unspecified atom stereocenters. The molecule has 0 saturated carbocycles. The van der Waals surface area contributed by atoms with Gasteiger partial charge in [-0.25, -0.2) is 4.98 Å². The minimum Gasteiger partial charge on any atom is -0.399 e. The van der Waals surface area contributed by atoms with Crippen molar-refractivity contribution in [1.82, 2.24) is 4.98 Å². The van der Waals surface area contributed by atoms with Gasteiger partial charge in [0.1, 0.15) is 5.82 Å². The molecular formula is C14H16N4O. The molecule has 0 radical (unpaired) electrons. The molecule has 2 aromatic rings. The van der Waals surface area contributed by atoms with E-state index >= 15 is 0 Å². The van der Waals surface area contributed by atoms with Gasteiger partial charge in [-0.05, 0) is 29.8 Å². The van der Waals surface area contributed by atoms with Crippen molar-refractivity contribution in [3.8, 4) is 0 Å². The Morgan fingerprint density at radius 1 is 1.26 bits per heavy atom. The van der Waals surface area contributed by atoms with Crippen LogP contribution in [0.25, 0.3) is 0 Å². The Hall–Kier alpha value is -2.56. The van der Waals surface area contributed by atoms with Crippen molar-refractivity contribution in [3.63, 3.8) is 0 Å². The van der Waals surface area contributed by atoms with E-state index in [1.165, 1.54) is 0 Å². The number of carbonyl (C=O) groups excluding carboxylic acids is 1. The first kappa shape index (κ1) is 12.9. The second kappa shape index (κ2) is 5.39. The molecule has 1 heterocycles. The van der Waals surface area contributed by atoms with Gasteiger partial charge < -0.3 is 16.4 Å². The fraction of sp³-hybridized carbons (Fsp3) is 0.143. The van der Waals surface area contributed by atoms with Crippen molar-refractivity contribution in [3.05, 3.63) is 53.7 Å². The van der Waals surface area contributed by atoms with Crippen LogP contribution in [0.1, 0.15) is 15.9 Å². The molecule has 0 aliphatic rings. The highest BCUT2D eigenvalue weighted by Gasteiger charge is 2.07. The number of anilines is 2. The van der Waals surface area contributed by atoms with Crippen molar-refractivity contribution in [1.29, 1.82) is 0 Å². The average Bonchev–Trinajstić information content (AvgIpc) is 2.41. The summed E-state index contributed by atoms with van der Waals surface area (Å²) in [6.07, 6.45) is 1.58. The van der Waals surface area contributed by atoms with Crippen molar-refractivity contribution < 1.29 is 4.79 Å². The van der Waals surface area contributed by atoms with E-state index in [0.717, 1.165) is 11.3 Å². The molecule has 19 heavy (non-hydrogen) atoms. The van der Waals surface area contributed by atoms with Gasteiger partial charge in [-0.2, -0.15) is 0 Å². The van der Waals surface area contributed by atoms with Crippen molar-refractivity contribution >= 4 is 17.4 Å². The Bertz CT molecular complexity index is 580. The first-order valence-corrected chi connectivity index (χ1v) is 5.87. The highest BCUT2D eigenvalue weighted by Crippen LogP contribution is 2.15. The highest BCUT2D eigenvalue weighted by molar-refractivity contribution is 5.93. The predicted octanol–water partition coefficient (Wildman–Crippen LogP) is 1.40. The monoisotopic (exact) mass is 256 g/mol. The van der Waals surface area contributed by atoms with Crippen LogP contribution in [0, 0.1) is 0 Å². The quantitative estimate of drug-likeness (QED) is 0.810. The molecule has 0 spiro atoms. The van der Waals surface area contributed by atoms with E-state index in [9.17, 15) is 4.79 Å². The Kier molecular flexibility index (Phi) is 3.66. The van der Waals surface area contributed by atoms with Crippen LogP contribution in [0.5, 0.6) is 0 Å². The third-order valence-electron chi connectivity index (χ3n) is 2.82. The van der Waals surface area contributed by atoms with Crippen LogP contribution in [0.4, 0.5) is 11.5 Å². The van der Waals surface area contributed by atoms with Crippen LogP contribution in [0.15, 0.2) is 42.6 Å². The summed E-state index contributed by atoms with van der Waals surface area (Å²) >= 11 is 0. The number of rotatable bonds is 4. The lowest BCUT2D eigenvalue weighted by Gasteiger charge is -2.18. The molecule has 0 atom stereocenters. The summed E-state index contributed by atoms with van der Waals surface area (Å²) in [7, 11) is 1.91. The Morgan fingerprint density at radius 3 is 2.58 bits per heavy atom. The summed E-state index contributed by atoms with van der Waals surface area (Å²) in [5.41, 5.74) is 13.2. The molecule has 0 aliphatic carbocycles. The summed E-state index contributed by atoms with van der Waals surface area (Å²) in [5, 5.41) is 0. The van der Waals surface area contributed by atoms with Gasteiger partial charge >= 0.3 is 0 Å². The minimum absolute atomic E-state index is 0.453. The topological polar surface area (TPSA) is 85.2 Å². The van der Waals surface area contributed by atoms with E-state index in [-0.39, 0.29) is 0 Å². The third kappa shape index (κ3) is 3.22. The third-order valence-corrected chi connectivity index (χ3v) is 2.82. The maximum Gasteiger partial charge on any atom is 0.248 e. The fourth-order valence-electron chi connectivity index (χ4n) is 1.76. The van der Waals surface area contributed by atoms with Gasteiger partial charge in [0.25, 0.3) is 0 Å². The molecule has 0 aliphatic heterocycles. The van der Waals surface area contributed by atoms with E-state index in [2.05, 4.69) is 4.98 Å². The SMILES string of the molecule is CN(Cc1ccc(N)cc1)c1cc(C(N)=O)ccn1. The van der Waals surface area contributed by atoms with Gasteiger partial charge in [0.15, 0.2) is 0 Å². The first-order chi connectivity index (χ1) is 9.06. The lowest BCUT2D eigenvalue weighted by molar-refractivity contribution is 0.1000. The molecular weight excluding hydrogens is 240 g/mol. The van der Waals surface area contributed by atoms with E-state index in [1.807, 2.05) is 36.2 Å². The molecule has 0 saturated heterocycles.